The number of tetrazole rings is 1. The number of benzene rings is 1. The highest BCUT2D eigenvalue weighted by Crippen LogP contribution is 2.19. The van der Waals surface area contributed by atoms with Gasteiger partial charge >= 0.3 is 0 Å². The van der Waals surface area contributed by atoms with E-state index >= 15 is 0 Å². The van der Waals surface area contributed by atoms with Gasteiger partial charge in [-0.25, -0.2) is 0 Å². The molecule has 0 radical (unpaired) electrons. The zero-order valence-electron chi connectivity index (χ0n) is 11.4. The van der Waals surface area contributed by atoms with E-state index in [0.717, 1.165) is 5.69 Å². The van der Waals surface area contributed by atoms with Gasteiger partial charge in [0.15, 0.2) is 11.0 Å². The molecule has 0 aliphatic heterocycles. The van der Waals surface area contributed by atoms with Gasteiger partial charge in [0.25, 0.3) is 5.56 Å². The van der Waals surface area contributed by atoms with E-state index in [1.807, 2.05) is 12.1 Å². The number of rotatable bonds is 4. The highest BCUT2D eigenvalue weighted by molar-refractivity contribution is 7.98. The van der Waals surface area contributed by atoms with Gasteiger partial charge in [-0.3, -0.25) is 9.78 Å². The fourth-order valence-corrected chi connectivity index (χ4v) is 2.49. The standard InChI is InChI=1S/C12H10ClN7OS/c1-7-11(21)14-12(17-15-7)22-6-10-16-18-19-20(10)9-4-2-8(13)3-5-9/h2-5H,6H2,1H3,(H,14,17,21). The average Bonchev–Trinajstić information content (AvgIpc) is 2.98. The highest BCUT2D eigenvalue weighted by atomic mass is 35.5. The summed E-state index contributed by atoms with van der Waals surface area (Å²) >= 11 is 7.16. The van der Waals surface area contributed by atoms with E-state index in [1.165, 1.54) is 11.8 Å². The predicted molar refractivity (Wildman–Crippen MR) is 81.1 cm³/mol. The molecule has 1 N–H and O–H groups in total. The first kappa shape index (κ1) is 14.7. The molecule has 0 unspecified atom stereocenters. The van der Waals surface area contributed by atoms with Crippen molar-refractivity contribution in [1.82, 2.24) is 35.4 Å². The van der Waals surface area contributed by atoms with E-state index in [0.29, 0.717) is 27.5 Å². The first-order valence-electron chi connectivity index (χ1n) is 6.23. The summed E-state index contributed by atoms with van der Waals surface area (Å²) in [4.78, 5) is 14.1. The number of halogens is 1. The molecule has 0 fully saturated rings. The van der Waals surface area contributed by atoms with Crippen molar-refractivity contribution in [1.29, 1.82) is 0 Å². The Balaban J connectivity index is 1.79. The van der Waals surface area contributed by atoms with Crippen LogP contribution in [0.3, 0.4) is 0 Å². The van der Waals surface area contributed by atoms with Gasteiger partial charge in [0.05, 0.1) is 11.4 Å². The summed E-state index contributed by atoms with van der Waals surface area (Å²) in [6, 6.07) is 7.16. The van der Waals surface area contributed by atoms with Crippen LogP contribution in [0.25, 0.3) is 5.69 Å². The zero-order chi connectivity index (χ0) is 15.5. The number of H-pyrrole nitrogens is 1. The molecule has 112 valence electrons. The molecule has 0 saturated carbocycles. The Morgan fingerprint density at radius 3 is 2.73 bits per heavy atom. The first-order chi connectivity index (χ1) is 10.6. The Morgan fingerprint density at radius 1 is 1.23 bits per heavy atom. The van der Waals surface area contributed by atoms with Gasteiger partial charge in [-0.15, -0.1) is 15.3 Å². The van der Waals surface area contributed by atoms with Crippen LogP contribution in [0.5, 0.6) is 0 Å². The summed E-state index contributed by atoms with van der Waals surface area (Å²) in [7, 11) is 0. The van der Waals surface area contributed by atoms with E-state index in [1.54, 1.807) is 23.7 Å². The Bertz CT molecular complexity index is 845. The summed E-state index contributed by atoms with van der Waals surface area (Å²) in [6.07, 6.45) is 0. The fourth-order valence-electron chi connectivity index (χ4n) is 1.65. The molecule has 0 aliphatic carbocycles. The number of thioether (sulfide) groups is 1. The van der Waals surface area contributed by atoms with Crippen LogP contribution in [-0.2, 0) is 5.75 Å². The minimum Gasteiger partial charge on any atom is -0.298 e. The number of hydrogen-bond acceptors (Lipinski definition) is 7. The first-order valence-corrected chi connectivity index (χ1v) is 7.59. The Labute approximate surface area is 133 Å². The third-order valence-corrected chi connectivity index (χ3v) is 3.89. The molecule has 2 aromatic heterocycles. The number of aromatic amines is 1. The number of nitrogens with one attached hydrogen (secondary N) is 1. The maximum Gasteiger partial charge on any atom is 0.273 e. The maximum atomic E-state index is 11.5. The van der Waals surface area contributed by atoms with Crippen LogP contribution in [0.2, 0.25) is 5.02 Å². The SMILES string of the molecule is Cc1nnc(SCc2nnnn2-c2ccc(Cl)cc2)[nH]c1=O. The van der Waals surface area contributed by atoms with E-state index in [-0.39, 0.29) is 5.56 Å². The van der Waals surface area contributed by atoms with Gasteiger partial charge in [0.1, 0.15) is 5.69 Å². The lowest BCUT2D eigenvalue weighted by Crippen LogP contribution is -2.14. The molecule has 0 atom stereocenters. The zero-order valence-corrected chi connectivity index (χ0v) is 13.0. The quantitative estimate of drug-likeness (QED) is 0.719. The fraction of sp³-hybridized carbons (Fsp3) is 0.167. The summed E-state index contributed by atoms with van der Waals surface area (Å²) in [6.45, 7) is 1.60. The van der Waals surface area contributed by atoms with Crippen LogP contribution in [-0.4, -0.2) is 35.4 Å². The van der Waals surface area contributed by atoms with Gasteiger partial charge < -0.3 is 0 Å². The van der Waals surface area contributed by atoms with E-state index in [4.69, 9.17) is 11.6 Å². The Morgan fingerprint density at radius 2 is 2.00 bits per heavy atom. The largest absolute Gasteiger partial charge is 0.298 e. The third-order valence-electron chi connectivity index (χ3n) is 2.78. The monoisotopic (exact) mass is 335 g/mol. The van der Waals surface area contributed by atoms with Crippen molar-refractivity contribution in [3.05, 3.63) is 51.2 Å². The van der Waals surface area contributed by atoms with Crippen molar-refractivity contribution in [3.8, 4) is 5.69 Å². The second-order valence-electron chi connectivity index (χ2n) is 4.32. The molecule has 0 spiro atoms. The Hall–Kier alpha value is -2.26. The van der Waals surface area contributed by atoms with Crippen LogP contribution < -0.4 is 5.56 Å². The number of aromatic nitrogens is 7. The number of nitrogens with zero attached hydrogens (tertiary/aromatic N) is 6. The van der Waals surface area contributed by atoms with Crippen molar-refractivity contribution < 1.29 is 0 Å². The molecule has 0 aliphatic rings. The maximum absolute atomic E-state index is 11.5. The minimum atomic E-state index is -0.255. The van der Waals surface area contributed by atoms with Crippen molar-refractivity contribution in [2.24, 2.45) is 0 Å². The lowest BCUT2D eigenvalue weighted by atomic mass is 10.3. The normalized spacial score (nSPS) is 10.8. The molecule has 0 amide bonds. The second-order valence-corrected chi connectivity index (χ2v) is 5.72. The smallest absolute Gasteiger partial charge is 0.273 e. The van der Waals surface area contributed by atoms with E-state index in [2.05, 4.69) is 30.7 Å². The van der Waals surface area contributed by atoms with Crippen LogP contribution in [0, 0.1) is 6.92 Å². The molecule has 0 bridgehead atoms. The summed E-state index contributed by atoms with van der Waals surface area (Å²) in [5.74, 6) is 1.05. The van der Waals surface area contributed by atoms with Crippen LogP contribution in [0.1, 0.15) is 11.5 Å². The molecule has 22 heavy (non-hydrogen) atoms. The molecule has 10 heteroatoms. The molecular weight excluding hydrogens is 326 g/mol. The lowest BCUT2D eigenvalue weighted by molar-refractivity contribution is 0.774. The highest BCUT2D eigenvalue weighted by Gasteiger charge is 2.10. The molecule has 3 aromatic rings. The molecule has 3 rings (SSSR count). The van der Waals surface area contributed by atoms with Gasteiger partial charge in [-0.2, -0.15) is 4.68 Å². The predicted octanol–water partition coefficient (Wildman–Crippen LogP) is 1.39. The molecule has 0 saturated heterocycles. The number of aryl methyl sites for hydroxylation is 1. The van der Waals surface area contributed by atoms with Gasteiger partial charge in [-0.1, -0.05) is 23.4 Å². The minimum absolute atomic E-state index is 0.255. The van der Waals surface area contributed by atoms with Gasteiger partial charge in [0.2, 0.25) is 0 Å². The molecule has 1 aromatic carbocycles. The average molecular weight is 336 g/mol. The summed E-state index contributed by atoms with van der Waals surface area (Å²) < 4.78 is 1.60. The van der Waals surface area contributed by atoms with Gasteiger partial charge in [-0.05, 0) is 41.6 Å². The summed E-state index contributed by atoms with van der Waals surface area (Å²) in [5, 5.41) is 20.4. The lowest BCUT2D eigenvalue weighted by Gasteiger charge is -2.04. The van der Waals surface area contributed by atoms with Crippen molar-refractivity contribution in [2.45, 2.75) is 17.8 Å². The second kappa shape index (κ2) is 6.24. The van der Waals surface area contributed by atoms with E-state index in [9.17, 15) is 4.79 Å². The van der Waals surface area contributed by atoms with Crippen LogP contribution in [0.15, 0.2) is 34.2 Å². The van der Waals surface area contributed by atoms with Crippen LogP contribution >= 0.6 is 23.4 Å². The third kappa shape index (κ3) is 3.15. The molecular formula is C12H10ClN7OS. The van der Waals surface area contributed by atoms with Crippen molar-refractivity contribution in [2.75, 3.05) is 0 Å². The van der Waals surface area contributed by atoms with Crippen LogP contribution in [0.4, 0.5) is 0 Å². The topological polar surface area (TPSA) is 102 Å². The Kier molecular flexibility index (Phi) is 4.16. The van der Waals surface area contributed by atoms with Crippen molar-refractivity contribution >= 4 is 23.4 Å². The van der Waals surface area contributed by atoms with E-state index < -0.39 is 0 Å². The number of hydrogen-bond donors (Lipinski definition) is 1. The molecule has 8 nitrogen and oxygen atoms in total. The van der Waals surface area contributed by atoms with Gasteiger partial charge in [0, 0.05) is 5.02 Å². The van der Waals surface area contributed by atoms with Crippen molar-refractivity contribution in [3.63, 3.8) is 0 Å². The molecule has 2 heterocycles. The summed E-state index contributed by atoms with van der Waals surface area (Å²) in [5.41, 5.74) is 0.874.